The highest BCUT2D eigenvalue weighted by atomic mass is 32.2. The lowest BCUT2D eigenvalue weighted by molar-refractivity contribution is 0.173. The van der Waals surface area contributed by atoms with Gasteiger partial charge in [-0.25, -0.2) is 4.39 Å². The molecule has 0 saturated carbocycles. The zero-order chi connectivity index (χ0) is 18.6. The van der Waals surface area contributed by atoms with Crippen LogP contribution in [0, 0.1) is 17.1 Å². The summed E-state index contributed by atoms with van der Waals surface area (Å²) in [5, 5.41) is 8.96. The first-order valence-corrected chi connectivity index (χ1v) is 10.6. The zero-order valence-electron chi connectivity index (χ0n) is 14.9. The fraction of sp³-hybridized carbons (Fsp3) is 0.611. The molecule has 3 rings (SSSR count). The van der Waals surface area contributed by atoms with Gasteiger partial charge >= 0.3 is 0 Å². The summed E-state index contributed by atoms with van der Waals surface area (Å²) in [6.07, 6.45) is 4.03. The van der Waals surface area contributed by atoms with E-state index >= 15 is 0 Å². The van der Waals surface area contributed by atoms with Gasteiger partial charge in [-0.2, -0.15) is 22.3 Å². The van der Waals surface area contributed by atoms with Gasteiger partial charge in [0.25, 0.3) is 10.2 Å². The fourth-order valence-electron chi connectivity index (χ4n) is 3.56. The molecule has 2 aliphatic heterocycles. The van der Waals surface area contributed by atoms with Gasteiger partial charge < -0.3 is 0 Å². The van der Waals surface area contributed by atoms with Gasteiger partial charge in [-0.05, 0) is 31.0 Å². The largest absolute Gasteiger partial charge is 0.296 e. The summed E-state index contributed by atoms with van der Waals surface area (Å²) in [7, 11) is -3.40. The molecule has 6 nitrogen and oxygen atoms in total. The van der Waals surface area contributed by atoms with Crippen LogP contribution in [0.3, 0.4) is 0 Å². The van der Waals surface area contributed by atoms with Crippen molar-refractivity contribution in [2.75, 3.05) is 39.3 Å². The molecule has 0 aliphatic carbocycles. The van der Waals surface area contributed by atoms with E-state index < -0.39 is 10.2 Å². The molecule has 2 fully saturated rings. The van der Waals surface area contributed by atoms with Crippen LogP contribution in [0.5, 0.6) is 0 Å². The number of benzene rings is 1. The van der Waals surface area contributed by atoms with Crippen molar-refractivity contribution in [3.63, 3.8) is 0 Å². The molecule has 0 spiro atoms. The maximum atomic E-state index is 14.0. The molecular weight excluding hydrogens is 355 g/mol. The van der Waals surface area contributed by atoms with Gasteiger partial charge in [0.1, 0.15) is 5.82 Å². The Morgan fingerprint density at radius 2 is 1.58 bits per heavy atom. The monoisotopic (exact) mass is 380 g/mol. The van der Waals surface area contributed by atoms with Crippen LogP contribution in [0.1, 0.15) is 36.8 Å². The molecule has 0 unspecified atom stereocenters. The van der Waals surface area contributed by atoms with Crippen LogP contribution < -0.4 is 0 Å². The van der Waals surface area contributed by atoms with Crippen LogP contribution in [-0.2, 0) is 16.8 Å². The normalized spacial score (nSPS) is 21.2. The number of nitriles is 1. The Hall–Kier alpha value is -1.53. The van der Waals surface area contributed by atoms with Crippen molar-refractivity contribution in [3.8, 4) is 6.07 Å². The molecule has 0 aromatic heterocycles. The summed E-state index contributed by atoms with van der Waals surface area (Å²) in [6.45, 7) is 3.55. The molecule has 142 valence electrons. The zero-order valence-corrected chi connectivity index (χ0v) is 15.7. The van der Waals surface area contributed by atoms with E-state index in [1.54, 1.807) is 14.7 Å². The van der Waals surface area contributed by atoms with Crippen molar-refractivity contribution in [2.45, 2.75) is 32.2 Å². The van der Waals surface area contributed by atoms with E-state index in [0.29, 0.717) is 56.9 Å². The Morgan fingerprint density at radius 1 is 0.962 bits per heavy atom. The summed E-state index contributed by atoms with van der Waals surface area (Å²) < 4.78 is 42.8. The van der Waals surface area contributed by atoms with E-state index in [9.17, 15) is 12.8 Å². The molecule has 8 heteroatoms. The SMILES string of the molecule is N#Cc1ccc(F)c(CN2CCN(S(=O)(=O)N3CCCCCC3)CC2)c1. The highest BCUT2D eigenvalue weighted by Gasteiger charge is 2.32. The van der Waals surface area contributed by atoms with E-state index in [2.05, 4.69) is 0 Å². The first kappa shape index (κ1) is 19.2. The van der Waals surface area contributed by atoms with Crippen LogP contribution in [0.2, 0.25) is 0 Å². The van der Waals surface area contributed by atoms with E-state index in [1.165, 1.54) is 12.1 Å². The molecule has 1 aromatic rings. The van der Waals surface area contributed by atoms with Crippen molar-refractivity contribution in [1.82, 2.24) is 13.5 Å². The number of piperazine rings is 1. The van der Waals surface area contributed by atoms with Gasteiger partial charge in [-0.1, -0.05) is 12.8 Å². The summed E-state index contributed by atoms with van der Waals surface area (Å²) >= 11 is 0. The molecule has 0 N–H and O–H groups in total. The highest BCUT2D eigenvalue weighted by Crippen LogP contribution is 2.19. The first-order chi connectivity index (χ1) is 12.5. The second-order valence-electron chi connectivity index (χ2n) is 6.91. The van der Waals surface area contributed by atoms with Crippen LogP contribution in [0.15, 0.2) is 18.2 Å². The molecule has 0 radical (unpaired) electrons. The molecule has 26 heavy (non-hydrogen) atoms. The lowest BCUT2D eigenvalue weighted by Gasteiger charge is -2.36. The molecule has 0 atom stereocenters. The van der Waals surface area contributed by atoms with Crippen LogP contribution in [0.4, 0.5) is 4.39 Å². The number of rotatable bonds is 4. The van der Waals surface area contributed by atoms with Crippen molar-refractivity contribution >= 4 is 10.2 Å². The highest BCUT2D eigenvalue weighted by molar-refractivity contribution is 7.86. The van der Waals surface area contributed by atoms with Crippen LogP contribution in [-0.4, -0.2) is 61.2 Å². The lowest BCUT2D eigenvalue weighted by Crippen LogP contribution is -2.53. The summed E-state index contributed by atoms with van der Waals surface area (Å²) in [5.41, 5.74) is 0.914. The van der Waals surface area contributed by atoms with Crippen molar-refractivity contribution in [3.05, 3.63) is 35.1 Å². The lowest BCUT2D eigenvalue weighted by atomic mass is 10.1. The fourth-order valence-corrected chi connectivity index (χ4v) is 5.23. The third-order valence-corrected chi connectivity index (χ3v) is 7.15. The first-order valence-electron chi connectivity index (χ1n) is 9.17. The van der Waals surface area contributed by atoms with Gasteiger partial charge in [0.05, 0.1) is 11.6 Å². The molecule has 2 heterocycles. The predicted octanol–water partition coefficient (Wildman–Crippen LogP) is 1.94. The maximum Gasteiger partial charge on any atom is 0.282 e. The molecule has 2 saturated heterocycles. The van der Waals surface area contributed by atoms with Crippen molar-refractivity contribution < 1.29 is 12.8 Å². The minimum atomic E-state index is -3.40. The van der Waals surface area contributed by atoms with Gasteiger partial charge in [0, 0.05) is 51.4 Å². The maximum absolute atomic E-state index is 14.0. The van der Waals surface area contributed by atoms with E-state index in [0.717, 1.165) is 25.7 Å². The van der Waals surface area contributed by atoms with E-state index in [-0.39, 0.29) is 5.82 Å². The number of hydrogen-bond donors (Lipinski definition) is 0. The van der Waals surface area contributed by atoms with E-state index in [1.807, 2.05) is 11.0 Å². The van der Waals surface area contributed by atoms with Crippen molar-refractivity contribution in [2.24, 2.45) is 0 Å². The van der Waals surface area contributed by atoms with Gasteiger partial charge in [-0.3, -0.25) is 4.90 Å². The van der Waals surface area contributed by atoms with Gasteiger partial charge in [0.2, 0.25) is 0 Å². The predicted molar refractivity (Wildman–Crippen MR) is 96.9 cm³/mol. The summed E-state index contributed by atoms with van der Waals surface area (Å²) in [6, 6.07) is 6.36. The average molecular weight is 380 g/mol. The van der Waals surface area contributed by atoms with Crippen LogP contribution in [0.25, 0.3) is 0 Å². The van der Waals surface area contributed by atoms with E-state index in [4.69, 9.17) is 5.26 Å². The Kier molecular flexibility index (Phi) is 6.24. The van der Waals surface area contributed by atoms with Gasteiger partial charge in [0.15, 0.2) is 0 Å². The van der Waals surface area contributed by atoms with Gasteiger partial charge in [-0.15, -0.1) is 0 Å². The third-order valence-electron chi connectivity index (χ3n) is 5.12. The quantitative estimate of drug-likeness (QED) is 0.801. The molecular formula is C18H25FN4O2S. The Labute approximate surface area is 155 Å². The average Bonchev–Trinajstić information content (AvgIpc) is 2.94. The molecule has 0 bridgehead atoms. The minimum Gasteiger partial charge on any atom is -0.296 e. The second-order valence-corrected chi connectivity index (χ2v) is 8.84. The summed E-state index contributed by atoms with van der Waals surface area (Å²) in [4.78, 5) is 2.04. The molecule has 0 amide bonds. The molecule has 2 aliphatic rings. The van der Waals surface area contributed by atoms with Crippen molar-refractivity contribution in [1.29, 1.82) is 5.26 Å². The topological polar surface area (TPSA) is 67.6 Å². The standard InChI is InChI=1S/C18H25FN4O2S/c19-18-6-5-16(14-20)13-17(18)15-21-9-11-23(12-10-21)26(24,25)22-7-3-1-2-4-8-22/h5-6,13H,1-4,7-12,15H2. The Bertz CT molecular complexity index is 762. The smallest absolute Gasteiger partial charge is 0.282 e. The second kappa shape index (κ2) is 8.44. The number of halogens is 1. The Balaban J connectivity index is 1.59. The summed E-state index contributed by atoms with van der Waals surface area (Å²) in [5.74, 6) is -0.330. The number of hydrogen-bond acceptors (Lipinski definition) is 4. The Morgan fingerprint density at radius 3 is 2.19 bits per heavy atom. The third kappa shape index (κ3) is 4.41. The molecule has 1 aromatic carbocycles. The van der Waals surface area contributed by atoms with Crippen LogP contribution >= 0.6 is 0 Å². The minimum absolute atomic E-state index is 0.330. The number of nitrogens with zero attached hydrogens (tertiary/aromatic N) is 4.